The van der Waals surface area contributed by atoms with Crippen LogP contribution >= 0.6 is 27.5 Å². The van der Waals surface area contributed by atoms with Gasteiger partial charge in [0, 0.05) is 16.8 Å². The van der Waals surface area contributed by atoms with Crippen LogP contribution in [0.5, 0.6) is 0 Å². The normalized spacial score (nSPS) is 10.2. The highest BCUT2D eigenvalue weighted by atomic mass is 79.9. The largest absolute Gasteiger partial charge is 0.322 e. The molecule has 0 unspecified atom stereocenters. The van der Waals surface area contributed by atoms with Gasteiger partial charge in [0.1, 0.15) is 5.82 Å². The maximum absolute atomic E-state index is 13.6. The Morgan fingerprint density at radius 1 is 1.29 bits per heavy atom. The van der Waals surface area contributed by atoms with Gasteiger partial charge in [-0.25, -0.2) is 4.39 Å². The van der Waals surface area contributed by atoms with Crippen LogP contribution in [0.15, 0.2) is 40.9 Å². The lowest BCUT2D eigenvalue weighted by Crippen LogP contribution is -2.13. The second kappa shape index (κ2) is 6.19. The summed E-state index contributed by atoms with van der Waals surface area (Å²) >= 11 is 8.74. The fraction of sp³-hybridized carbons (Fsp3) is 0. The molecule has 0 aliphatic heterocycles. The summed E-state index contributed by atoms with van der Waals surface area (Å²) in [4.78, 5) is 22.2. The third-order valence-corrected chi connectivity index (χ3v) is 3.48. The number of nitro groups is 1. The van der Waals surface area contributed by atoms with Crippen LogP contribution in [0.25, 0.3) is 0 Å². The van der Waals surface area contributed by atoms with Gasteiger partial charge in [0.2, 0.25) is 0 Å². The first kappa shape index (κ1) is 15.4. The monoisotopic (exact) mass is 372 g/mol. The van der Waals surface area contributed by atoms with Gasteiger partial charge in [-0.3, -0.25) is 14.9 Å². The SMILES string of the molecule is O=C(Nc1ccc(Br)c([N+](=O)[O-])c1)c1cc(Cl)ccc1F. The molecule has 2 aromatic rings. The van der Waals surface area contributed by atoms with Crippen molar-refractivity contribution in [1.82, 2.24) is 0 Å². The van der Waals surface area contributed by atoms with E-state index in [4.69, 9.17) is 11.6 Å². The summed E-state index contributed by atoms with van der Waals surface area (Å²) < 4.78 is 13.8. The zero-order chi connectivity index (χ0) is 15.6. The van der Waals surface area contributed by atoms with Gasteiger partial charge in [-0.05, 0) is 46.3 Å². The van der Waals surface area contributed by atoms with Crippen LogP contribution in [-0.2, 0) is 0 Å². The standard InChI is InChI=1S/C13H7BrClFN2O3/c14-10-3-2-8(6-12(10)18(20)21)17-13(19)9-5-7(15)1-4-11(9)16/h1-6H,(H,17,19). The molecule has 0 spiro atoms. The molecule has 0 heterocycles. The molecule has 0 aliphatic carbocycles. The molecule has 21 heavy (non-hydrogen) atoms. The summed E-state index contributed by atoms with van der Waals surface area (Å²) in [6.07, 6.45) is 0. The van der Waals surface area contributed by atoms with E-state index < -0.39 is 16.6 Å². The van der Waals surface area contributed by atoms with Crippen LogP contribution in [0.4, 0.5) is 15.8 Å². The molecule has 108 valence electrons. The molecule has 0 aromatic heterocycles. The Kier molecular flexibility index (Phi) is 4.54. The van der Waals surface area contributed by atoms with E-state index in [0.717, 1.165) is 6.07 Å². The quantitative estimate of drug-likeness (QED) is 0.640. The highest BCUT2D eigenvalue weighted by Gasteiger charge is 2.16. The van der Waals surface area contributed by atoms with E-state index in [1.54, 1.807) is 0 Å². The maximum Gasteiger partial charge on any atom is 0.285 e. The Balaban J connectivity index is 2.29. The zero-order valence-electron chi connectivity index (χ0n) is 10.3. The molecular formula is C13H7BrClFN2O3. The van der Waals surface area contributed by atoms with E-state index in [-0.39, 0.29) is 26.4 Å². The number of amides is 1. The maximum atomic E-state index is 13.6. The number of benzene rings is 2. The molecule has 5 nitrogen and oxygen atoms in total. The van der Waals surface area contributed by atoms with E-state index in [1.165, 1.54) is 30.3 Å². The molecule has 8 heteroatoms. The molecule has 0 radical (unpaired) electrons. The molecule has 2 aromatic carbocycles. The smallest absolute Gasteiger partial charge is 0.285 e. The van der Waals surface area contributed by atoms with Crippen LogP contribution in [0.1, 0.15) is 10.4 Å². The van der Waals surface area contributed by atoms with Crippen molar-refractivity contribution in [1.29, 1.82) is 0 Å². The van der Waals surface area contributed by atoms with Gasteiger partial charge in [0.25, 0.3) is 11.6 Å². The molecule has 0 bridgehead atoms. The van der Waals surface area contributed by atoms with E-state index in [2.05, 4.69) is 21.2 Å². The number of carbonyl (C=O) groups excluding carboxylic acids is 1. The van der Waals surface area contributed by atoms with E-state index in [1.807, 2.05) is 0 Å². The first-order chi connectivity index (χ1) is 9.88. The van der Waals surface area contributed by atoms with Gasteiger partial charge >= 0.3 is 0 Å². The number of nitrogens with one attached hydrogen (secondary N) is 1. The number of carbonyl (C=O) groups is 1. The molecule has 0 aliphatic rings. The number of halogens is 3. The summed E-state index contributed by atoms with van der Waals surface area (Å²) in [5.41, 5.74) is -0.276. The van der Waals surface area contributed by atoms with Gasteiger partial charge in [0.05, 0.1) is 15.0 Å². The average Bonchev–Trinajstić information content (AvgIpc) is 2.43. The molecule has 1 N–H and O–H groups in total. The van der Waals surface area contributed by atoms with Crippen molar-refractivity contribution in [2.75, 3.05) is 5.32 Å². The Labute approximate surface area is 132 Å². The number of nitrogens with zero attached hydrogens (tertiary/aromatic N) is 1. The first-order valence-corrected chi connectivity index (χ1v) is 6.76. The van der Waals surface area contributed by atoms with Crippen molar-refractivity contribution >= 4 is 44.8 Å². The Morgan fingerprint density at radius 3 is 2.67 bits per heavy atom. The molecule has 1 amide bonds. The summed E-state index contributed by atoms with van der Waals surface area (Å²) in [5.74, 6) is -1.48. The van der Waals surface area contributed by atoms with Gasteiger partial charge < -0.3 is 5.32 Å². The predicted octanol–water partition coefficient (Wildman–Crippen LogP) is 4.40. The Morgan fingerprint density at radius 2 is 2.00 bits per heavy atom. The fourth-order valence-corrected chi connectivity index (χ4v) is 2.16. The van der Waals surface area contributed by atoms with E-state index in [0.29, 0.717) is 0 Å². The third-order valence-electron chi connectivity index (χ3n) is 2.57. The molecular weight excluding hydrogens is 367 g/mol. The summed E-state index contributed by atoms with van der Waals surface area (Å²) in [6.45, 7) is 0. The Hall–Kier alpha value is -1.99. The van der Waals surface area contributed by atoms with Crippen LogP contribution in [0, 0.1) is 15.9 Å². The van der Waals surface area contributed by atoms with Crippen LogP contribution < -0.4 is 5.32 Å². The van der Waals surface area contributed by atoms with Gasteiger partial charge in [-0.2, -0.15) is 0 Å². The summed E-state index contributed by atoms with van der Waals surface area (Å²) in [5, 5.41) is 13.4. The number of hydrogen-bond donors (Lipinski definition) is 1. The number of anilines is 1. The van der Waals surface area contributed by atoms with Crippen LogP contribution in [0.2, 0.25) is 5.02 Å². The number of nitro benzene ring substituents is 1. The summed E-state index contributed by atoms with van der Waals surface area (Å²) in [7, 11) is 0. The molecule has 0 saturated carbocycles. The lowest BCUT2D eigenvalue weighted by molar-refractivity contribution is -0.385. The first-order valence-electron chi connectivity index (χ1n) is 5.59. The van der Waals surface area contributed by atoms with Crippen LogP contribution in [-0.4, -0.2) is 10.8 Å². The lowest BCUT2D eigenvalue weighted by Gasteiger charge is -2.07. The molecule has 2 rings (SSSR count). The van der Waals surface area contributed by atoms with Crippen molar-refractivity contribution in [2.45, 2.75) is 0 Å². The van der Waals surface area contributed by atoms with Gasteiger partial charge in [-0.1, -0.05) is 11.6 Å². The second-order valence-corrected chi connectivity index (χ2v) is 5.29. The highest BCUT2D eigenvalue weighted by molar-refractivity contribution is 9.10. The van der Waals surface area contributed by atoms with Crippen molar-refractivity contribution in [3.8, 4) is 0 Å². The third kappa shape index (κ3) is 3.56. The van der Waals surface area contributed by atoms with Crippen molar-refractivity contribution in [2.24, 2.45) is 0 Å². The average molecular weight is 374 g/mol. The highest BCUT2D eigenvalue weighted by Crippen LogP contribution is 2.28. The zero-order valence-corrected chi connectivity index (χ0v) is 12.6. The number of rotatable bonds is 3. The topological polar surface area (TPSA) is 72.2 Å². The predicted molar refractivity (Wildman–Crippen MR) is 80.2 cm³/mol. The molecule has 0 fully saturated rings. The fourth-order valence-electron chi connectivity index (χ4n) is 1.60. The minimum Gasteiger partial charge on any atom is -0.322 e. The van der Waals surface area contributed by atoms with Crippen molar-refractivity contribution in [3.63, 3.8) is 0 Å². The lowest BCUT2D eigenvalue weighted by atomic mass is 10.2. The van der Waals surface area contributed by atoms with Gasteiger partial charge in [-0.15, -0.1) is 0 Å². The second-order valence-electron chi connectivity index (χ2n) is 4.00. The minimum atomic E-state index is -0.744. The Bertz CT molecular complexity index is 739. The summed E-state index contributed by atoms with van der Waals surface area (Å²) in [6, 6.07) is 7.61. The molecule has 0 saturated heterocycles. The van der Waals surface area contributed by atoms with E-state index in [9.17, 15) is 19.3 Å². The van der Waals surface area contributed by atoms with Crippen molar-refractivity contribution < 1.29 is 14.1 Å². The minimum absolute atomic E-state index is 0.175. The van der Waals surface area contributed by atoms with Gasteiger partial charge in [0.15, 0.2) is 0 Å². The van der Waals surface area contributed by atoms with E-state index >= 15 is 0 Å². The number of hydrogen-bond acceptors (Lipinski definition) is 3. The van der Waals surface area contributed by atoms with Crippen LogP contribution in [0.3, 0.4) is 0 Å². The van der Waals surface area contributed by atoms with Crippen molar-refractivity contribution in [3.05, 3.63) is 67.4 Å². The molecule has 0 atom stereocenters.